The van der Waals surface area contributed by atoms with Crippen molar-refractivity contribution in [2.45, 2.75) is 19.9 Å². The second kappa shape index (κ2) is 5.73. The zero-order chi connectivity index (χ0) is 13.9. The SMILES string of the molecule is CNC(=O)C(N)c1cc(OC)c(C)c(C)c1OC. The van der Waals surface area contributed by atoms with Gasteiger partial charge in [0.05, 0.1) is 14.2 Å². The number of carbonyl (C=O) groups is 1. The molecule has 0 aromatic heterocycles. The zero-order valence-electron chi connectivity index (χ0n) is 11.5. The highest BCUT2D eigenvalue weighted by atomic mass is 16.5. The molecule has 1 rings (SSSR count). The van der Waals surface area contributed by atoms with Crippen molar-refractivity contribution < 1.29 is 14.3 Å². The van der Waals surface area contributed by atoms with Crippen LogP contribution >= 0.6 is 0 Å². The molecule has 0 radical (unpaired) electrons. The molecular formula is C13H20N2O3. The molecule has 0 aliphatic rings. The smallest absolute Gasteiger partial charge is 0.241 e. The molecule has 0 fully saturated rings. The first-order valence-electron chi connectivity index (χ1n) is 5.67. The highest BCUT2D eigenvalue weighted by Gasteiger charge is 2.22. The van der Waals surface area contributed by atoms with Crippen LogP contribution in [-0.4, -0.2) is 27.2 Å². The quantitative estimate of drug-likeness (QED) is 0.840. The fourth-order valence-corrected chi connectivity index (χ4v) is 1.90. The van der Waals surface area contributed by atoms with E-state index in [1.165, 1.54) is 0 Å². The molecule has 0 bridgehead atoms. The largest absolute Gasteiger partial charge is 0.496 e. The molecule has 0 heterocycles. The van der Waals surface area contributed by atoms with E-state index in [1.54, 1.807) is 27.3 Å². The predicted molar refractivity (Wildman–Crippen MR) is 70.0 cm³/mol. The van der Waals surface area contributed by atoms with Crippen molar-refractivity contribution in [1.82, 2.24) is 5.32 Å². The van der Waals surface area contributed by atoms with Gasteiger partial charge in [0.15, 0.2) is 0 Å². The van der Waals surface area contributed by atoms with Crippen LogP contribution in [0.3, 0.4) is 0 Å². The lowest BCUT2D eigenvalue weighted by atomic mass is 9.98. The van der Waals surface area contributed by atoms with Crippen LogP contribution in [-0.2, 0) is 4.79 Å². The van der Waals surface area contributed by atoms with Gasteiger partial charge in [-0.25, -0.2) is 0 Å². The molecule has 1 aromatic carbocycles. The van der Waals surface area contributed by atoms with E-state index in [9.17, 15) is 4.79 Å². The van der Waals surface area contributed by atoms with Gasteiger partial charge in [-0.3, -0.25) is 4.79 Å². The Balaban J connectivity index is 3.42. The Kier molecular flexibility index (Phi) is 4.55. The number of benzene rings is 1. The molecule has 0 aliphatic heterocycles. The molecule has 3 N–H and O–H groups in total. The summed E-state index contributed by atoms with van der Waals surface area (Å²) in [6, 6.07) is 0.972. The highest BCUT2D eigenvalue weighted by molar-refractivity contribution is 5.84. The molecule has 5 heteroatoms. The van der Waals surface area contributed by atoms with Crippen LogP contribution in [0.1, 0.15) is 22.7 Å². The Morgan fingerprint density at radius 3 is 2.33 bits per heavy atom. The van der Waals surface area contributed by atoms with E-state index < -0.39 is 6.04 Å². The van der Waals surface area contributed by atoms with Gasteiger partial charge in [0, 0.05) is 12.6 Å². The van der Waals surface area contributed by atoms with Gasteiger partial charge in [0.1, 0.15) is 17.5 Å². The van der Waals surface area contributed by atoms with Crippen LogP contribution < -0.4 is 20.5 Å². The zero-order valence-corrected chi connectivity index (χ0v) is 11.5. The first-order valence-corrected chi connectivity index (χ1v) is 5.67. The van der Waals surface area contributed by atoms with Gasteiger partial charge in [-0.1, -0.05) is 0 Å². The van der Waals surface area contributed by atoms with E-state index in [0.29, 0.717) is 17.1 Å². The fraction of sp³-hybridized carbons (Fsp3) is 0.462. The molecule has 100 valence electrons. The molecule has 18 heavy (non-hydrogen) atoms. The number of ether oxygens (including phenoxy) is 2. The molecule has 0 saturated heterocycles. The van der Waals surface area contributed by atoms with Crippen LogP contribution in [0.15, 0.2) is 6.07 Å². The number of amides is 1. The molecule has 1 aromatic rings. The second-order valence-corrected chi connectivity index (χ2v) is 4.04. The van der Waals surface area contributed by atoms with Gasteiger partial charge >= 0.3 is 0 Å². The van der Waals surface area contributed by atoms with Crippen molar-refractivity contribution in [2.75, 3.05) is 21.3 Å². The van der Waals surface area contributed by atoms with Gasteiger partial charge in [-0.2, -0.15) is 0 Å². The molecule has 0 saturated carbocycles. The third-order valence-electron chi connectivity index (χ3n) is 3.11. The first kappa shape index (κ1) is 14.3. The lowest BCUT2D eigenvalue weighted by molar-refractivity contribution is -0.122. The summed E-state index contributed by atoms with van der Waals surface area (Å²) < 4.78 is 10.6. The maximum absolute atomic E-state index is 11.6. The number of nitrogens with one attached hydrogen (secondary N) is 1. The Labute approximate surface area is 107 Å². The highest BCUT2D eigenvalue weighted by Crippen LogP contribution is 2.35. The Bertz CT molecular complexity index is 458. The minimum absolute atomic E-state index is 0.265. The van der Waals surface area contributed by atoms with Gasteiger partial charge < -0.3 is 20.5 Å². The Morgan fingerprint density at radius 2 is 1.89 bits per heavy atom. The van der Waals surface area contributed by atoms with E-state index in [-0.39, 0.29) is 5.91 Å². The van der Waals surface area contributed by atoms with Gasteiger partial charge in [-0.15, -0.1) is 0 Å². The minimum atomic E-state index is -0.779. The van der Waals surface area contributed by atoms with Crippen molar-refractivity contribution in [3.05, 3.63) is 22.8 Å². The van der Waals surface area contributed by atoms with E-state index in [2.05, 4.69) is 5.32 Å². The van der Waals surface area contributed by atoms with Crippen LogP contribution in [0.4, 0.5) is 0 Å². The second-order valence-electron chi connectivity index (χ2n) is 4.04. The summed E-state index contributed by atoms with van der Waals surface area (Å²) in [5, 5.41) is 2.53. The topological polar surface area (TPSA) is 73.6 Å². The summed E-state index contributed by atoms with van der Waals surface area (Å²) in [7, 11) is 4.70. The van der Waals surface area contributed by atoms with E-state index >= 15 is 0 Å². The van der Waals surface area contributed by atoms with Crippen molar-refractivity contribution in [2.24, 2.45) is 5.73 Å². The van der Waals surface area contributed by atoms with E-state index in [0.717, 1.165) is 11.1 Å². The monoisotopic (exact) mass is 252 g/mol. The number of nitrogens with two attached hydrogens (primary N) is 1. The van der Waals surface area contributed by atoms with E-state index in [1.807, 2.05) is 13.8 Å². The minimum Gasteiger partial charge on any atom is -0.496 e. The van der Waals surface area contributed by atoms with Crippen molar-refractivity contribution in [1.29, 1.82) is 0 Å². The summed E-state index contributed by atoms with van der Waals surface area (Å²) >= 11 is 0. The number of likely N-dealkylation sites (N-methyl/N-ethyl adjacent to an activating group) is 1. The standard InChI is InChI=1S/C13H20N2O3/c1-7-8(2)12(18-5)9(6-10(7)17-4)11(14)13(16)15-3/h6,11H,14H2,1-5H3,(H,15,16). The summed E-state index contributed by atoms with van der Waals surface area (Å²) in [4.78, 5) is 11.6. The Morgan fingerprint density at radius 1 is 1.28 bits per heavy atom. The normalized spacial score (nSPS) is 11.9. The lowest BCUT2D eigenvalue weighted by Gasteiger charge is -2.20. The predicted octanol–water partition coefficient (Wildman–Crippen LogP) is 1.07. The number of hydrogen-bond donors (Lipinski definition) is 2. The molecular weight excluding hydrogens is 232 g/mol. The summed E-state index contributed by atoms with van der Waals surface area (Å²) in [6.07, 6.45) is 0. The third kappa shape index (κ3) is 2.41. The maximum Gasteiger partial charge on any atom is 0.241 e. The summed E-state index contributed by atoms with van der Waals surface area (Å²) in [6.45, 7) is 3.85. The third-order valence-corrected chi connectivity index (χ3v) is 3.11. The van der Waals surface area contributed by atoms with Crippen LogP contribution in [0.2, 0.25) is 0 Å². The molecule has 1 unspecified atom stereocenters. The van der Waals surface area contributed by atoms with E-state index in [4.69, 9.17) is 15.2 Å². The van der Waals surface area contributed by atoms with Crippen molar-refractivity contribution in [3.63, 3.8) is 0 Å². The van der Waals surface area contributed by atoms with Gasteiger partial charge in [0.25, 0.3) is 0 Å². The van der Waals surface area contributed by atoms with Gasteiger partial charge in [0.2, 0.25) is 5.91 Å². The fourth-order valence-electron chi connectivity index (χ4n) is 1.90. The van der Waals surface area contributed by atoms with Crippen molar-refractivity contribution >= 4 is 5.91 Å². The molecule has 0 aliphatic carbocycles. The Hall–Kier alpha value is -1.75. The number of rotatable bonds is 4. The lowest BCUT2D eigenvalue weighted by Crippen LogP contribution is -2.31. The number of hydrogen-bond acceptors (Lipinski definition) is 4. The number of carbonyl (C=O) groups excluding carboxylic acids is 1. The number of methoxy groups -OCH3 is 2. The first-order chi connectivity index (χ1) is 8.47. The van der Waals surface area contributed by atoms with Crippen molar-refractivity contribution in [3.8, 4) is 11.5 Å². The molecule has 1 atom stereocenters. The summed E-state index contributed by atoms with van der Waals surface area (Å²) in [5.74, 6) is 1.06. The van der Waals surface area contributed by atoms with Crippen LogP contribution in [0.25, 0.3) is 0 Å². The summed E-state index contributed by atoms with van der Waals surface area (Å²) in [5.41, 5.74) is 8.44. The molecule has 0 spiro atoms. The van der Waals surface area contributed by atoms with Crippen LogP contribution in [0.5, 0.6) is 11.5 Å². The average molecular weight is 252 g/mol. The maximum atomic E-state index is 11.6. The molecule has 5 nitrogen and oxygen atoms in total. The average Bonchev–Trinajstić information content (AvgIpc) is 2.39. The molecule has 1 amide bonds. The van der Waals surface area contributed by atoms with Crippen LogP contribution in [0, 0.1) is 13.8 Å². The van der Waals surface area contributed by atoms with Gasteiger partial charge in [-0.05, 0) is 31.0 Å².